The Morgan fingerprint density at radius 2 is 0.694 bits per heavy atom. The molecule has 9 aromatic heterocycles. The Labute approximate surface area is 838 Å². The van der Waals surface area contributed by atoms with Gasteiger partial charge in [-0.15, -0.1) is 0 Å². The van der Waals surface area contributed by atoms with Crippen LogP contribution in [-0.4, -0.2) is 248 Å². The standard InChI is InChI=1S/C71H95N22O38P7S6/c1-29-15-87(67(98)80-57(29)72)49-11-39(45(120-49)23-113-134(106,140)126-35-8-48(118-34(35)6)89-17-31(3)62(94)84-69(89)100)130-137(109,143)117-25-47-41(13-52(122-47)91-19-33(5)64(96)86-71(91)102)131-138(110,144)116-24-46-40(12-50(121-46)88-16-30(2)58(73)81-68(88)99)129-135(107,141)114-21-43-36(9-53(123-43)92-27-78-55-59(74)76-26-77-60(55)92)125-132(103,104)112-20-42-38(10-51(119-42)90-18-32(4)63(95)85-70(90)101)128-136(108,142)115-22-44-37(127-133(105,139)111-7)14-54(124-44)93-28-79-56-61(93)82-66(75)83-65(56)97/h15-19,26-28,34-54H,8-14,20-25H2,1-7H3,(H,103,104)(H,105,139)(H,106,140)(H,107,141)(H,108,142)(H,109,143)(H,110,144)(H2,72,80,98)(H2,73,81,99)(H2,74,76,77)(H,84,94,100)(H,85,95,101)(H,86,96,102)(H3,75,82,83,97)/t34-,35?,36?,37?,38?,39?,40?,41?,42-,43-,44-,45-,46-,47-,48-,49-,50-,51-,52-,53-,54-,133?,134?,135?,136?,137?,138?/m1/s1. The number of phosphoric ester groups is 1. The number of nitrogens with one attached hydrogen (secondary N) is 4. The van der Waals surface area contributed by atoms with Gasteiger partial charge in [-0.2, -0.15) is 15.0 Å². The van der Waals surface area contributed by atoms with Gasteiger partial charge in [-0.05, 0) is 101 Å². The van der Waals surface area contributed by atoms with Gasteiger partial charge in [0.05, 0.1) is 88.9 Å². The maximum atomic E-state index is 14.8. The molecule has 0 amide bonds. The van der Waals surface area contributed by atoms with Crippen molar-refractivity contribution < 1.29 is 135 Å². The molecule has 0 saturated carbocycles. The van der Waals surface area contributed by atoms with Crippen molar-refractivity contribution in [3.05, 3.63) is 172 Å². The van der Waals surface area contributed by atoms with E-state index < -0.39 is 293 Å². The van der Waals surface area contributed by atoms with Crippen LogP contribution in [0.1, 0.15) is 123 Å². The number of aromatic amines is 4. The number of hydrogen-bond donors (Lipinski definition) is 15. The number of H-pyrrole nitrogens is 4. The number of anilines is 4. The molecule has 73 heteroatoms. The molecule has 16 heterocycles. The molecule has 0 spiro atoms. The SMILES string of the molecule is COP(O)(=S)OC1C[C@H](n2cnc3c(=O)[nH]c(N)nc32)O[C@@H]1COP(O)(=S)OC1C[C@H](n2cc(C)c(=O)[nH]c2=O)O[C@@H]1COP(=O)(O)OC1C[C@H](n2cnc3c(N)ncnc32)O[C@@H]1COP(O)(=S)OC1C[C@H](n2cc(C)c(N)nc2=O)O[C@@H]1COP(O)(=S)OC1C[C@H](n2cc(C)c(=O)[nH]c2=O)O[C@@H]1COP(=O)(S)OC1C[C@H](n2cc(C)c(N)nc2=O)O[C@@H]1COP(O)(=S)OC1C[C@H](n2cc(C)c(=O)[nH]c2=O)O[C@@H]1C. The first-order valence-electron chi connectivity index (χ1n) is 43.0. The van der Waals surface area contributed by atoms with E-state index in [9.17, 15) is 81.6 Å². The summed E-state index contributed by atoms with van der Waals surface area (Å²) in [5.41, 5.74) is 17.6. The number of aromatic nitrogens is 18. The van der Waals surface area contributed by atoms with E-state index in [1.165, 1.54) is 68.1 Å². The van der Waals surface area contributed by atoms with Gasteiger partial charge in [0, 0.05) is 111 Å². The second kappa shape index (κ2) is 43.7. The van der Waals surface area contributed by atoms with Crippen LogP contribution in [0.3, 0.4) is 0 Å². The number of rotatable bonds is 40. The molecule has 28 atom stereocenters. The van der Waals surface area contributed by atoms with Crippen molar-refractivity contribution in [2.24, 2.45) is 0 Å². The van der Waals surface area contributed by atoms with Gasteiger partial charge in [0.1, 0.15) is 116 Å². The van der Waals surface area contributed by atoms with Crippen molar-refractivity contribution in [1.82, 2.24) is 86.8 Å². The number of ether oxygens (including phenoxy) is 7. The predicted octanol–water partition coefficient (Wildman–Crippen LogP) is 0.692. The lowest BCUT2D eigenvalue weighted by molar-refractivity contribution is -0.0595. The van der Waals surface area contributed by atoms with E-state index in [-0.39, 0.29) is 87.2 Å². The Morgan fingerprint density at radius 1 is 0.375 bits per heavy atom. The molecule has 9 aromatic rings. The minimum Gasteiger partial charge on any atom is -0.383 e. The zero-order chi connectivity index (χ0) is 104. The molecule has 144 heavy (non-hydrogen) atoms. The average molecular weight is 2270 g/mol. The minimum atomic E-state index is -5.53. The Bertz CT molecular complexity index is 7360. The van der Waals surface area contributed by atoms with Crippen LogP contribution in [0.4, 0.5) is 23.4 Å². The molecule has 0 aromatic carbocycles. The van der Waals surface area contributed by atoms with Gasteiger partial charge in [0.2, 0.25) is 5.95 Å². The highest BCUT2D eigenvalue weighted by Crippen LogP contribution is 2.60. The summed E-state index contributed by atoms with van der Waals surface area (Å²) in [7, 11) is -4.43. The van der Waals surface area contributed by atoms with E-state index >= 15 is 0 Å². The molecular formula is C71H95N22O38P7S6. The minimum absolute atomic E-state index is 0.00710. The maximum Gasteiger partial charge on any atom is 0.472 e. The molecular weight excluding hydrogens is 2180 g/mol. The van der Waals surface area contributed by atoms with Crippen molar-refractivity contribution in [3.63, 3.8) is 0 Å². The Hall–Kier alpha value is -7.12. The topological polar surface area (TPSA) is 795 Å². The molecule has 60 nitrogen and oxygen atoms in total. The molecule has 7 saturated heterocycles. The third-order valence-corrected chi connectivity index (χ3v) is 34.4. The van der Waals surface area contributed by atoms with E-state index in [4.69, 9.17) is 178 Å². The van der Waals surface area contributed by atoms with Crippen molar-refractivity contribution in [1.29, 1.82) is 0 Å². The molecule has 16 rings (SSSR count). The molecule has 7 aliphatic rings. The molecule has 0 bridgehead atoms. The van der Waals surface area contributed by atoms with Crippen LogP contribution in [0.25, 0.3) is 22.3 Å². The normalized spacial score (nSPS) is 29.7. The third-order valence-electron chi connectivity index (χ3n) is 23.7. The molecule has 0 radical (unpaired) electrons. The summed E-state index contributed by atoms with van der Waals surface area (Å²) in [6.07, 6.45) is -20.6. The number of imidazole rings is 2. The van der Waals surface area contributed by atoms with Crippen molar-refractivity contribution in [3.8, 4) is 0 Å². The van der Waals surface area contributed by atoms with Crippen molar-refractivity contribution >= 4 is 165 Å². The lowest BCUT2D eigenvalue weighted by atomic mass is 10.2. The summed E-state index contributed by atoms with van der Waals surface area (Å²) >= 11 is 31.7. The summed E-state index contributed by atoms with van der Waals surface area (Å²) in [5, 5.41) is 0. The van der Waals surface area contributed by atoms with Crippen LogP contribution in [0.5, 0.6) is 0 Å². The van der Waals surface area contributed by atoms with Gasteiger partial charge in [0.25, 0.3) is 22.2 Å². The molecule has 0 aliphatic carbocycles. The molecule has 7 fully saturated rings. The lowest BCUT2D eigenvalue weighted by Crippen LogP contribution is -2.33. The van der Waals surface area contributed by atoms with Gasteiger partial charge in [0.15, 0.2) is 22.6 Å². The first-order valence-corrected chi connectivity index (χ1v) is 60.2. The van der Waals surface area contributed by atoms with Gasteiger partial charge >= 0.3 is 76.7 Å². The van der Waals surface area contributed by atoms with Crippen LogP contribution in [0.15, 0.2) is 93.1 Å². The first kappa shape index (κ1) is 110. The zero-order valence-electron chi connectivity index (χ0n) is 75.9. The Balaban J connectivity index is 0.605. The third kappa shape index (κ3) is 25.7. The fourth-order valence-electron chi connectivity index (χ4n) is 16.5. The number of thiol groups is 1. The van der Waals surface area contributed by atoms with E-state index in [1.54, 1.807) is 13.8 Å². The molecule has 14 unspecified atom stereocenters. The quantitative estimate of drug-likeness (QED) is 0.0186. The highest BCUT2D eigenvalue weighted by Gasteiger charge is 2.52. The fraction of sp³-hybridized carbons (Fsp3) is 0.577. The summed E-state index contributed by atoms with van der Waals surface area (Å²) < 4.78 is 163. The van der Waals surface area contributed by atoms with Gasteiger partial charge in [-0.1, -0.05) is 12.2 Å². The summed E-state index contributed by atoms with van der Waals surface area (Å²) in [4.78, 5) is 225. The Kier molecular flexibility index (Phi) is 33.2. The van der Waals surface area contributed by atoms with Gasteiger partial charge < -0.3 is 131 Å². The average Bonchev–Trinajstić information content (AvgIpc) is 1.63. The maximum absolute atomic E-state index is 14.8. The van der Waals surface area contributed by atoms with Gasteiger partial charge in [-0.3, -0.25) is 89.2 Å². The molecule has 18 N–H and O–H groups in total. The van der Waals surface area contributed by atoms with E-state index in [1.807, 2.05) is 0 Å². The number of fused-ring (bicyclic) bond motifs is 2. The highest BCUT2D eigenvalue weighted by molar-refractivity contribution is 8.44. The van der Waals surface area contributed by atoms with E-state index in [2.05, 4.69) is 67.1 Å². The first-order chi connectivity index (χ1) is 67.6. The summed E-state index contributed by atoms with van der Waals surface area (Å²) in [5.74, 6) is -0.566. The number of aryl methyl sites for hydroxylation is 5. The van der Waals surface area contributed by atoms with Crippen LogP contribution in [-0.2, 0) is 165 Å². The van der Waals surface area contributed by atoms with Crippen LogP contribution < -0.4 is 73.6 Å². The van der Waals surface area contributed by atoms with Crippen molar-refractivity contribution in [2.45, 2.75) is 216 Å². The summed E-state index contributed by atoms with van der Waals surface area (Å²) in [6.45, 7) is -23.3. The van der Waals surface area contributed by atoms with Crippen LogP contribution in [0, 0.1) is 34.6 Å². The molecule has 788 valence electrons. The Morgan fingerprint density at radius 3 is 1.10 bits per heavy atom. The number of nitrogen functional groups attached to an aromatic ring is 4. The highest BCUT2D eigenvalue weighted by atomic mass is 32.7. The number of nitrogens with two attached hydrogens (primary N) is 4. The fourth-order valence-corrected chi connectivity index (χ4v) is 25.9. The smallest absolute Gasteiger partial charge is 0.383 e. The van der Waals surface area contributed by atoms with Crippen LogP contribution >= 0.6 is 60.5 Å². The number of hydrogen-bond acceptors (Lipinski definition) is 48. The van der Waals surface area contributed by atoms with E-state index in [0.717, 1.165) is 48.7 Å². The monoisotopic (exact) mass is 2270 g/mol. The van der Waals surface area contributed by atoms with Gasteiger partial charge in [-0.25, -0.2) is 53.0 Å². The predicted molar refractivity (Wildman–Crippen MR) is 517 cm³/mol. The molecule has 7 aliphatic heterocycles. The summed E-state index contributed by atoms with van der Waals surface area (Å²) in [6, 6.07) is 0. The zero-order valence-corrected chi connectivity index (χ0v) is 87.1. The largest absolute Gasteiger partial charge is 0.472 e. The number of nitrogens with zero attached hydrogens (tertiary/aromatic N) is 14. The van der Waals surface area contributed by atoms with Crippen molar-refractivity contribution in [2.75, 3.05) is 69.7 Å². The second-order valence-electron chi connectivity index (χ2n) is 33.8. The second-order valence-corrected chi connectivity index (χ2v) is 52.1. The van der Waals surface area contributed by atoms with Crippen LogP contribution in [0.2, 0.25) is 0 Å². The lowest BCUT2D eigenvalue weighted by Gasteiger charge is -2.28. The number of phosphoric acid groups is 1. The van der Waals surface area contributed by atoms with E-state index in [0.29, 0.717) is 5.56 Å².